The van der Waals surface area contributed by atoms with E-state index in [1.54, 1.807) is 7.11 Å². The van der Waals surface area contributed by atoms with Crippen molar-refractivity contribution in [3.05, 3.63) is 17.3 Å². The van der Waals surface area contributed by atoms with E-state index in [0.29, 0.717) is 13.2 Å². The summed E-state index contributed by atoms with van der Waals surface area (Å²) in [6.45, 7) is 1.25. The van der Waals surface area contributed by atoms with Gasteiger partial charge in [-0.3, -0.25) is 0 Å². The van der Waals surface area contributed by atoms with Crippen LogP contribution in [0.25, 0.3) is 0 Å². The minimum absolute atomic E-state index is 0.0432. The van der Waals surface area contributed by atoms with Gasteiger partial charge in [0.25, 0.3) is 0 Å². The summed E-state index contributed by atoms with van der Waals surface area (Å²) in [6.07, 6.45) is 1.16. The first kappa shape index (κ1) is 17.1. The van der Waals surface area contributed by atoms with Gasteiger partial charge in [-0.1, -0.05) is 11.6 Å². The number of sulfonamides is 1. The number of nitrogens with zero attached hydrogens (tertiary/aromatic N) is 1. The average molecular weight is 325 g/mol. The second-order valence-corrected chi connectivity index (χ2v) is 5.82. The maximum Gasteiger partial charge on any atom is 0.242 e. The van der Waals surface area contributed by atoms with Gasteiger partial charge in [-0.15, -0.1) is 0 Å². The van der Waals surface area contributed by atoms with Crippen molar-refractivity contribution in [2.24, 2.45) is 5.84 Å². The van der Waals surface area contributed by atoms with Crippen molar-refractivity contribution in [1.82, 2.24) is 9.71 Å². The largest absolute Gasteiger partial charge is 0.382 e. The Hall–Kier alpha value is -0.970. The topological polar surface area (TPSA) is 116 Å². The van der Waals surface area contributed by atoms with Crippen molar-refractivity contribution in [2.45, 2.75) is 4.90 Å². The van der Waals surface area contributed by atoms with E-state index >= 15 is 0 Å². The van der Waals surface area contributed by atoms with Crippen molar-refractivity contribution < 1.29 is 17.9 Å². The lowest BCUT2D eigenvalue weighted by Gasteiger charge is -2.08. The van der Waals surface area contributed by atoms with Crippen LogP contribution < -0.4 is 16.0 Å². The molecule has 0 aliphatic heterocycles. The lowest BCUT2D eigenvalue weighted by molar-refractivity contribution is 0.0736. The van der Waals surface area contributed by atoms with Gasteiger partial charge in [-0.2, -0.15) is 0 Å². The number of methoxy groups -OCH3 is 1. The standard InChI is InChI=1S/C10H17ClN4O4S/c1-18-4-5-19-3-2-14-20(16,17)8-6-9(11)10(15-12)13-7-8/h6-7,14H,2-5,12H2,1H3,(H,13,15). The zero-order valence-corrected chi connectivity index (χ0v) is 12.5. The van der Waals surface area contributed by atoms with Crippen LogP contribution in [0.1, 0.15) is 0 Å². The fourth-order valence-electron chi connectivity index (χ4n) is 1.25. The van der Waals surface area contributed by atoms with E-state index in [0.717, 1.165) is 6.20 Å². The van der Waals surface area contributed by atoms with Crippen LogP contribution in [0, 0.1) is 0 Å². The van der Waals surface area contributed by atoms with Crippen molar-refractivity contribution in [3.8, 4) is 0 Å². The molecule has 10 heteroatoms. The molecule has 0 fully saturated rings. The molecule has 0 radical (unpaired) electrons. The van der Waals surface area contributed by atoms with Crippen LogP contribution in [0.5, 0.6) is 0 Å². The van der Waals surface area contributed by atoms with Gasteiger partial charge in [0.05, 0.1) is 24.8 Å². The Morgan fingerprint density at radius 3 is 2.75 bits per heavy atom. The van der Waals surface area contributed by atoms with Crippen molar-refractivity contribution in [2.75, 3.05) is 38.9 Å². The monoisotopic (exact) mass is 324 g/mol. The molecular weight excluding hydrogens is 308 g/mol. The van der Waals surface area contributed by atoms with Gasteiger partial charge in [0.1, 0.15) is 4.90 Å². The highest BCUT2D eigenvalue weighted by atomic mass is 35.5. The third-order valence-corrected chi connectivity index (χ3v) is 3.95. The summed E-state index contributed by atoms with van der Waals surface area (Å²) in [5, 5.41) is 0.117. The molecule has 0 aliphatic carbocycles. The molecule has 1 aromatic rings. The maximum absolute atomic E-state index is 11.9. The normalized spacial score (nSPS) is 11.6. The average Bonchev–Trinajstić information content (AvgIpc) is 2.42. The first-order chi connectivity index (χ1) is 9.51. The molecule has 0 aliphatic rings. The summed E-state index contributed by atoms with van der Waals surface area (Å²) in [5.41, 5.74) is 2.26. The molecule has 0 aromatic carbocycles. The Bertz CT molecular complexity index is 526. The molecule has 0 amide bonds. The number of nitrogens with two attached hydrogens (primary N) is 1. The van der Waals surface area contributed by atoms with E-state index < -0.39 is 10.0 Å². The zero-order chi connectivity index (χ0) is 15.0. The van der Waals surface area contributed by atoms with Gasteiger partial charge in [0, 0.05) is 19.9 Å². The first-order valence-electron chi connectivity index (χ1n) is 5.69. The molecule has 0 bridgehead atoms. The highest BCUT2D eigenvalue weighted by Crippen LogP contribution is 2.21. The molecule has 20 heavy (non-hydrogen) atoms. The van der Waals surface area contributed by atoms with E-state index in [1.807, 2.05) is 0 Å². The van der Waals surface area contributed by atoms with Crippen LogP contribution in [0.3, 0.4) is 0 Å². The molecule has 0 saturated heterocycles. The molecule has 0 spiro atoms. The minimum atomic E-state index is -3.68. The third-order valence-electron chi connectivity index (χ3n) is 2.23. The Morgan fingerprint density at radius 2 is 2.15 bits per heavy atom. The second kappa shape index (κ2) is 8.35. The third kappa shape index (κ3) is 5.19. The van der Waals surface area contributed by atoms with E-state index in [-0.39, 0.29) is 28.9 Å². The van der Waals surface area contributed by atoms with Crippen molar-refractivity contribution in [1.29, 1.82) is 0 Å². The predicted molar refractivity (Wildman–Crippen MR) is 74.9 cm³/mol. The van der Waals surface area contributed by atoms with E-state index in [9.17, 15) is 8.42 Å². The van der Waals surface area contributed by atoms with E-state index in [4.69, 9.17) is 26.9 Å². The summed E-state index contributed by atoms with van der Waals surface area (Å²) in [6, 6.07) is 1.26. The number of nitrogens with one attached hydrogen (secondary N) is 2. The fourth-order valence-corrected chi connectivity index (χ4v) is 2.52. The van der Waals surface area contributed by atoms with Crippen molar-refractivity contribution >= 4 is 27.4 Å². The summed E-state index contributed by atoms with van der Waals surface area (Å²) < 4.78 is 36.2. The highest BCUT2D eigenvalue weighted by molar-refractivity contribution is 7.89. The number of ether oxygens (including phenoxy) is 2. The smallest absolute Gasteiger partial charge is 0.242 e. The Morgan fingerprint density at radius 1 is 1.40 bits per heavy atom. The van der Waals surface area contributed by atoms with Crippen LogP contribution in [-0.2, 0) is 19.5 Å². The molecule has 0 unspecified atom stereocenters. The van der Waals surface area contributed by atoms with Gasteiger partial charge in [-0.25, -0.2) is 24.0 Å². The van der Waals surface area contributed by atoms with E-state index in [2.05, 4.69) is 15.1 Å². The number of halogens is 1. The second-order valence-electron chi connectivity index (χ2n) is 3.65. The number of rotatable bonds is 9. The number of hydrogen-bond donors (Lipinski definition) is 3. The molecule has 114 valence electrons. The predicted octanol–water partition coefficient (Wildman–Crippen LogP) is -0.0381. The maximum atomic E-state index is 11.9. The Balaban J connectivity index is 2.54. The number of nitrogen functional groups attached to an aromatic ring is 1. The SMILES string of the molecule is COCCOCCNS(=O)(=O)c1cnc(NN)c(Cl)c1. The van der Waals surface area contributed by atoms with Gasteiger partial charge in [0.15, 0.2) is 5.82 Å². The summed E-state index contributed by atoms with van der Waals surface area (Å²) in [5.74, 6) is 5.36. The Labute approximate surface area is 122 Å². The Kier molecular flexibility index (Phi) is 7.13. The minimum Gasteiger partial charge on any atom is -0.382 e. The van der Waals surface area contributed by atoms with E-state index in [1.165, 1.54) is 6.07 Å². The summed E-state index contributed by atoms with van der Waals surface area (Å²) in [4.78, 5) is 3.75. The van der Waals surface area contributed by atoms with Crippen LogP contribution >= 0.6 is 11.6 Å². The lowest BCUT2D eigenvalue weighted by Crippen LogP contribution is -2.28. The van der Waals surface area contributed by atoms with Crippen LogP contribution in [0.2, 0.25) is 5.02 Å². The first-order valence-corrected chi connectivity index (χ1v) is 7.56. The highest BCUT2D eigenvalue weighted by Gasteiger charge is 2.15. The van der Waals surface area contributed by atoms with Crippen LogP contribution in [-0.4, -0.2) is 46.9 Å². The van der Waals surface area contributed by atoms with Gasteiger partial charge in [0.2, 0.25) is 10.0 Å². The molecule has 4 N–H and O–H groups in total. The lowest BCUT2D eigenvalue weighted by atomic mass is 10.5. The number of anilines is 1. The number of aromatic nitrogens is 1. The number of hydrogen-bond acceptors (Lipinski definition) is 7. The van der Waals surface area contributed by atoms with Gasteiger partial charge in [-0.05, 0) is 6.07 Å². The molecule has 1 rings (SSSR count). The van der Waals surface area contributed by atoms with Crippen molar-refractivity contribution in [3.63, 3.8) is 0 Å². The number of hydrazine groups is 1. The zero-order valence-electron chi connectivity index (χ0n) is 10.9. The summed E-state index contributed by atoms with van der Waals surface area (Å²) in [7, 11) is -2.12. The summed E-state index contributed by atoms with van der Waals surface area (Å²) >= 11 is 5.82. The molecule has 8 nitrogen and oxygen atoms in total. The molecule has 0 atom stereocenters. The quantitative estimate of drug-likeness (QED) is 0.331. The fraction of sp³-hybridized carbons (Fsp3) is 0.500. The molecular formula is C10H17ClN4O4S. The molecule has 1 heterocycles. The molecule has 1 aromatic heterocycles. The van der Waals surface area contributed by atoms with Gasteiger partial charge < -0.3 is 14.9 Å². The van der Waals surface area contributed by atoms with Crippen LogP contribution in [0.4, 0.5) is 5.82 Å². The van der Waals surface area contributed by atoms with Crippen LogP contribution in [0.15, 0.2) is 17.2 Å². The molecule has 0 saturated carbocycles. The number of pyridine rings is 1. The van der Waals surface area contributed by atoms with Gasteiger partial charge >= 0.3 is 0 Å².